The van der Waals surface area contributed by atoms with E-state index in [0.717, 1.165) is 5.19 Å². The molecule has 0 atom stereocenters. The van der Waals surface area contributed by atoms with Crippen molar-refractivity contribution in [2.45, 2.75) is 13.1 Å². The maximum absolute atomic E-state index is 9.32. The standard InChI is InChI=1S/C8H12OSi.H3N/c1-10(2)8-6-4-3-5-7(8)9;/h3-6,9-10H,1-2H3;1H3. The first-order valence-corrected chi connectivity index (χ1v) is 6.38. The lowest BCUT2D eigenvalue weighted by molar-refractivity contribution is 0.479. The molecule has 0 heterocycles. The highest BCUT2D eigenvalue weighted by Crippen LogP contribution is 2.03. The van der Waals surface area contributed by atoms with Gasteiger partial charge >= 0.3 is 0 Å². The highest BCUT2D eigenvalue weighted by molar-refractivity contribution is 6.71. The first-order chi connectivity index (χ1) is 4.72. The van der Waals surface area contributed by atoms with Gasteiger partial charge in [0, 0.05) is 0 Å². The fourth-order valence-corrected chi connectivity index (χ4v) is 2.16. The number of phenolic OH excluding ortho intramolecular Hbond substituents is 1. The van der Waals surface area contributed by atoms with E-state index in [1.165, 1.54) is 0 Å². The Morgan fingerprint density at radius 3 is 2.09 bits per heavy atom. The molecule has 11 heavy (non-hydrogen) atoms. The predicted molar refractivity (Wildman–Crippen MR) is 51.6 cm³/mol. The average molecular weight is 169 g/mol. The van der Waals surface area contributed by atoms with E-state index in [1.54, 1.807) is 6.07 Å². The summed E-state index contributed by atoms with van der Waals surface area (Å²) < 4.78 is 0. The molecule has 0 aliphatic rings. The molecule has 4 N–H and O–H groups in total. The Morgan fingerprint density at radius 1 is 1.18 bits per heavy atom. The van der Waals surface area contributed by atoms with Crippen LogP contribution in [0.15, 0.2) is 24.3 Å². The van der Waals surface area contributed by atoms with E-state index in [-0.39, 0.29) is 6.15 Å². The number of hydrogen-bond donors (Lipinski definition) is 2. The van der Waals surface area contributed by atoms with Crippen LogP contribution >= 0.6 is 0 Å². The van der Waals surface area contributed by atoms with Crippen LogP contribution in [-0.2, 0) is 0 Å². The topological polar surface area (TPSA) is 55.2 Å². The van der Waals surface area contributed by atoms with Crippen molar-refractivity contribution in [3.8, 4) is 5.75 Å². The second kappa shape index (κ2) is 4.15. The Labute approximate surface area is 69.1 Å². The molecule has 2 nitrogen and oxygen atoms in total. The molecule has 0 saturated heterocycles. The highest BCUT2D eigenvalue weighted by Gasteiger charge is 2.03. The molecule has 62 valence electrons. The van der Waals surface area contributed by atoms with E-state index in [9.17, 15) is 5.11 Å². The second-order valence-electron chi connectivity index (χ2n) is 2.71. The van der Waals surface area contributed by atoms with Gasteiger partial charge < -0.3 is 11.3 Å². The van der Waals surface area contributed by atoms with E-state index in [4.69, 9.17) is 0 Å². The molecule has 0 bridgehead atoms. The fraction of sp³-hybridized carbons (Fsp3) is 0.250. The zero-order valence-electron chi connectivity index (χ0n) is 7.04. The van der Waals surface area contributed by atoms with Crippen molar-refractivity contribution >= 4 is 14.0 Å². The van der Waals surface area contributed by atoms with Crippen molar-refractivity contribution in [2.24, 2.45) is 0 Å². The van der Waals surface area contributed by atoms with Gasteiger partial charge in [-0.1, -0.05) is 31.3 Å². The lowest BCUT2D eigenvalue weighted by Crippen LogP contribution is -2.22. The number of hydrogen-bond acceptors (Lipinski definition) is 2. The van der Waals surface area contributed by atoms with Crippen molar-refractivity contribution in [1.82, 2.24) is 6.15 Å². The normalized spacial score (nSPS) is 9.36. The summed E-state index contributed by atoms with van der Waals surface area (Å²) in [5.74, 6) is 0.462. The second-order valence-corrected chi connectivity index (χ2v) is 5.64. The van der Waals surface area contributed by atoms with Crippen LogP contribution in [0, 0.1) is 0 Å². The molecule has 0 amide bonds. The van der Waals surface area contributed by atoms with Gasteiger partial charge in [-0.3, -0.25) is 0 Å². The monoisotopic (exact) mass is 169 g/mol. The van der Waals surface area contributed by atoms with Gasteiger partial charge in [0.15, 0.2) is 0 Å². The molecular weight excluding hydrogens is 154 g/mol. The summed E-state index contributed by atoms with van der Waals surface area (Å²) in [7, 11) is -0.818. The van der Waals surface area contributed by atoms with Gasteiger partial charge in [-0.15, -0.1) is 0 Å². The molecule has 0 radical (unpaired) electrons. The van der Waals surface area contributed by atoms with Crippen LogP contribution in [0.2, 0.25) is 13.1 Å². The summed E-state index contributed by atoms with van der Waals surface area (Å²) in [5.41, 5.74) is 0. The molecule has 0 aliphatic heterocycles. The van der Waals surface area contributed by atoms with E-state index in [2.05, 4.69) is 13.1 Å². The van der Waals surface area contributed by atoms with Crippen molar-refractivity contribution in [3.63, 3.8) is 0 Å². The Morgan fingerprint density at radius 2 is 1.73 bits per heavy atom. The van der Waals surface area contributed by atoms with Gasteiger partial charge in [0.05, 0.1) is 8.80 Å². The largest absolute Gasteiger partial charge is 0.508 e. The summed E-state index contributed by atoms with van der Waals surface area (Å²) in [6.45, 7) is 4.41. The van der Waals surface area contributed by atoms with Crippen molar-refractivity contribution in [2.75, 3.05) is 0 Å². The molecule has 1 rings (SSSR count). The molecule has 0 unspecified atom stereocenters. The van der Waals surface area contributed by atoms with E-state index in [0.29, 0.717) is 5.75 Å². The zero-order chi connectivity index (χ0) is 7.56. The Kier molecular flexibility index (Phi) is 3.85. The van der Waals surface area contributed by atoms with Crippen molar-refractivity contribution in [3.05, 3.63) is 24.3 Å². The van der Waals surface area contributed by atoms with Crippen LogP contribution in [0.5, 0.6) is 5.75 Å². The maximum atomic E-state index is 9.32. The van der Waals surface area contributed by atoms with E-state index < -0.39 is 8.80 Å². The quantitative estimate of drug-likeness (QED) is 0.622. The minimum absolute atomic E-state index is 0. The summed E-state index contributed by atoms with van der Waals surface area (Å²) >= 11 is 0. The predicted octanol–water partition coefficient (Wildman–Crippen LogP) is 1.25. The molecule has 0 saturated carbocycles. The van der Waals surface area contributed by atoms with Crippen LogP contribution < -0.4 is 11.3 Å². The fourth-order valence-electron chi connectivity index (χ4n) is 0.976. The van der Waals surface area contributed by atoms with Crippen LogP contribution in [0.1, 0.15) is 0 Å². The molecule has 0 spiro atoms. The molecule has 0 fully saturated rings. The summed E-state index contributed by atoms with van der Waals surface area (Å²) in [4.78, 5) is 0. The van der Waals surface area contributed by atoms with Gasteiger partial charge in [0.1, 0.15) is 5.75 Å². The van der Waals surface area contributed by atoms with Crippen LogP contribution in [0.3, 0.4) is 0 Å². The Balaban J connectivity index is 0.000001000. The van der Waals surface area contributed by atoms with Crippen LogP contribution in [0.25, 0.3) is 0 Å². The lowest BCUT2D eigenvalue weighted by Gasteiger charge is -2.04. The molecule has 0 aromatic heterocycles. The molecule has 0 aliphatic carbocycles. The zero-order valence-corrected chi connectivity index (χ0v) is 8.20. The lowest BCUT2D eigenvalue weighted by atomic mass is 10.3. The van der Waals surface area contributed by atoms with Gasteiger partial charge in [-0.2, -0.15) is 0 Å². The number of phenols is 1. The van der Waals surface area contributed by atoms with Gasteiger partial charge in [0.25, 0.3) is 0 Å². The minimum Gasteiger partial charge on any atom is -0.508 e. The highest BCUT2D eigenvalue weighted by atomic mass is 28.3. The van der Waals surface area contributed by atoms with Crippen LogP contribution in [0.4, 0.5) is 0 Å². The number of benzene rings is 1. The van der Waals surface area contributed by atoms with Gasteiger partial charge in [-0.25, -0.2) is 0 Å². The molecular formula is C8H15NOSi. The SMILES string of the molecule is C[SiH](C)c1ccccc1O.N. The van der Waals surface area contributed by atoms with Crippen molar-refractivity contribution in [1.29, 1.82) is 0 Å². The molecule has 1 aromatic carbocycles. The Bertz CT molecular complexity index is 225. The molecule has 1 aromatic rings. The van der Waals surface area contributed by atoms with Crippen molar-refractivity contribution < 1.29 is 5.11 Å². The maximum Gasteiger partial charge on any atom is 0.114 e. The van der Waals surface area contributed by atoms with E-state index >= 15 is 0 Å². The van der Waals surface area contributed by atoms with Gasteiger partial charge in [-0.05, 0) is 11.3 Å². The van der Waals surface area contributed by atoms with Crippen LogP contribution in [-0.4, -0.2) is 13.9 Å². The third kappa shape index (κ3) is 2.36. The minimum atomic E-state index is -0.818. The number of aromatic hydroxyl groups is 1. The smallest absolute Gasteiger partial charge is 0.114 e. The molecule has 3 heteroatoms. The van der Waals surface area contributed by atoms with E-state index in [1.807, 2.05) is 18.2 Å². The Hall–Kier alpha value is -0.803. The third-order valence-corrected chi connectivity index (χ3v) is 3.29. The first-order valence-electron chi connectivity index (χ1n) is 3.49. The first kappa shape index (κ1) is 10.2. The van der Waals surface area contributed by atoms with Gasteiger partial charge in [0.2, 0.25) is 0 Å². The summed E-state index contributed by atoms with van der Waals surface area (Å²) in [6.07, 6.45) is 0. The number of para-hydroxylation sites is 1. The summed E-state index contributed by atoms with van der Waals surface area (Å²) in [5, 5.41) is 10.5. The number of rotatable bonds is 1. The summed E-state index contributed by atoms with van der Waals surface area (Å²) in [6, 6.07) is 7.59. The third-order valence-electron chi connectivity index (χ3n) is 1.56. The average Bonchev–Trinajstić information content (AvgIpc) is 1.88.